The maximum absolute atomic E-state index is 2.50. The number of hydrogen-bond acceptors (Lipinski definition) is 0. The molecule has 0 amide bonds. The van der Waals surface area contributed by atoms with E-state index < -0.39 is 0 Å². The van der Waals surface area contributed by atoms with E-state index in [4.69, 9.17) is 0 Å². The lowest BCUT2D eigenvalue weighted by atomic mass is 9.76. The molecule has 0 radical (unpaired) electrons. The summed E-state index contributed by atoms with van der Waals surface area (Å²) in [5, 5.41) is 2.70. The molecule has 1 saturated carbocycles. The molecule has 2 aromatic carbocycles. The van der Waals surface area contributed by atoms with Gasteiger partial charge in [-0.15, -0.1) is 0 Å². The molecule has 2 aromatic rings. The molecule has 3 aliphatic carbocycles. The van der Waals surface area contributed by atoms with Gasteiger partial charge in [-0.2, -0.15) is 0 Å². The second-order valence-electron chi connectivity index (χ2n) is 7.19. The third-order valence-corrected chi connectivity index (χ3v) is 5.83. The van der Waals surface area contributed by atoms with E-state index in [1.807, 2.05) is 0 Å². The molecule has 0 bridgehead atoms. The smallest absolute Gasteiger partial charge is 0.0210 e. The Balaban J connectivity index is 1.88. The first-order valence-electron chi connectivity index (χ1n) is 8.49. The monoisotopic (exact) mass is 296 g/mol. The van der Waals surface area contributed by atoms with Crippen LogP contribution in [0.15, 0.2) is 77.9 Å². The predicted molar refractivity (Wildman–Crippen MR) is 98.2 cm³/mol. The first-order chi connectivity index (χ1) is 11.2. The van der Waals surface area contributed by atoms with Crippen molar-refractivity contribution >= 4 is 16.3 Å². The molecule has 1 spiro atoms. The third-order valence-electron chi connectivity index (χ3n) is 5.83. The van der Waals surface area contributed by atoms with Crippen LogP contribution in [-0.2, 0) is 0 Å². The summed E-state index contributed by atoms with van der Waals surface area (Å²) in [6.07, 6.45) is 13.0. The van der Waals surface area contributed by atoms with Crippen molar-refractivity contribution in [2.75, 3.05) is 0 Å². The Morgan fingerprint density at radius 2 is 1.87 bits per heavy atom. The summed E-state index contributed by atoms with van der Waals surface area (Å²) in [6, 6.07) is 13.3. The molecule has 5 rings (SSSR count). The summed E-state index contributed by atoms with van der Waals surface area (Å²) in [5.74, 6) is 0.706. The zero-order valence-electron chi connectivity index (χ0n) is 13.6. The molecular weight excluding hydrogens is 276 g/mol. The second-order valence-corrected chi connectivity index (χ2v) is 7.19. The lowest BCUT2D eigenvalue weighted by molar-refractivity contribution is 0.737. The maximum Gasteiger partial charge on any atom is 0.0210 e. The fraction of sp³-hybridized carbons (Fsp3) is 0.217. The van der Waals surface area contributed by atoms with Gasteiger partial charge in [0.05, 0.1) is 0 Å². The highest BCUT2D eigenvalue weighted by Gasteiger charge is 2.56. The predicted octanol–water partition coefficient (Wildman–Crippen LogP) is 5.99. The molecule has 3 aliphatic rings. The second kappa shape index (κ2) is 4.35. The largest absolute Gasteiger partial charge is 0.0766 e. The van der Waals surface area contributed by atoms with Gasteiger partial charge < -0.3 is 0 Å². The van der Waals surface area contributed by atoms with Gasteiger partial charge in [0.2, 0.25) is 0 Å². The zero-order valence-corrected chi connectivity index (χ0v) is 13.6. The molecule has 112 valence electrons. The Hall–Kier alpha value is -2.34. The van der Waals surface area contributed by atoms with Crippen LogP contribution in [0.4, 0.5) is 0 Å². The molecule has 23 heavy (non-hydrogen) atoms. The first-order valence-corrected chi connectivity index (χ1v) is 8.49. The van der Waals surface area contributed by atoms with Crippen LogP contribution in [-0.4, -0.2) is 0 Å². The Labute approximate surface area is 137 Å². The van der Waals surface area contributed by atoms with Crippen molar-refractivity contribution in [3.63, 3.8) is 0 Å². The van der Waals surface area contributed by atoms with E-state index in [1.54, 1.807) is 0 Å². The lowest BCUT2D eigenvalue weighted by Gasteiger charge is -2.28. The van der Waals surface area contributed by atoms with Crippen molar-refractivity contribution < 1.29 is 0 Å². The van der Waals surface area contributed by atoms with Crippen LogP contribution in [0.25, 0.3) is 16.3 Å². The molecule has 2 atom stereocenters. The van der Waals surface area contributed by atoms with Gasteiger partial charge in [0.15, 0.2) is 0 Å². The van der Waals surface area contributed by atoms with E-state index in [2.05, 4.69) is 80.6 Å². The minimum atomic E-state index is 0.285. The van der Waals surface area contributed by atoms with Crippen LogP contribution in [0.3, 0.4) is 0 Å². The Morgan fingerprint density at radius 1 is 1.00 bits per heavy atom. The quantitative estimate of drug-likeness (QED) is 0.606. The van der Waals surface area contributed by atoms with Gasteiger partial charge in [-0.05, 0) is 64.8 Å². The van der Waals surface area contributed by atoms with E-state index in [9.17, 15) is 0 Å². The van der Waals surface area contributed by atoms with Crippen molar-refractivity contribution in [1.29, 1.82) is 0 Å². The maximum atomic E-state index is 2.50. The highest BCUT2D eigenvalue weighted by molar-refractivity contribution is 6.01. The number of aryl methyl sites for hydroxylation is 1. The number of rotatable bonds is 1. The summed E-state index contributed by atoms with van der Waals surface area (Å²) in [7, 11) is 0. The molecule has 0 heterocycles. The molecule has 0 heteroatoms. The molecule has 0 aromatic heterocycles. The topological polar surface area (TPSA) is 0 Å². The summed E-state index contributed by atoms with van der Waals surface area (Å²) in [5.41, 5.74) is 7.52. The van der Waals surface area contributed by atoms with E-state index in [0.29, 0.717) is 5.92 Å². The van der Waals surface area contributed by atoms with Crippen LogP contribution in [0, 0.1) is 18.3 Å². The molecule has 2 unspecified atom stereocenters. The average Bonchev–Trinajstić information content (AvgIpc) is 3.25. The fourth-order valence-corrected chi connectivity index (χ4v) is 4.60. The summed E-state index contributed by atoms with van der Waals surface area (Å²) >= 11 is 0. The average molecular weight is 296 g/mol. The molecule has 0 nitrogen and oxygen atoms in total. The summed E-state index contributed by atoms with van der Waals surface area (Å²) in [6.45, 7) is 4.54. The minimum absolute atomic E-state index is 0.285. The first kappa shape index (κ1) is 13.1. The van der Waals surface area contributed by atoms with Gasteiger partial charge in [-0.1, -0.05) is 66.8 Å². The van der Waals surface area contributed by atoms with Gasteiger partial charge in [0, 0.05) is 5.41 Å². The Morgan fingerprint density at radius 3 is 2.78 bits per heavy atom. The Bertz CT molecular complexity index is 965. The molecule has 0 aliphatic heterocycles. The third kappa shape index (κ3) is 1.67. The van der Waals surface area contributed by atoms with Gasteiger partial charge in [0.1, 0.15) is 0 Å². The van der Waals surface area contributed by atoms with Crippen LogP contribution in [0.1, 0.15) is 24.5 Å². The standard InChI is InChI=1S/C23H20/c1-15-10-11-17-7-3-4-8-19(17)21(15)22-16(2)13-18-14-23(18)12-6-5-9-20(22)23/h3-13,18H,14H2,1-2H3. The lowest BCUT2D eigenvalue weighted by Crippen LogP contribution is -2.13. The van der Waals surface area contributed by atoms with Gasteiger partial charge >= 0.3 is 0 Å². The van der Waals surface area contributed by atoms with E-state index in [1.165, 1.54) is 45.0 Å². The van der Waals surface area contributed by atoms with E-state index in [-0.39, 0.29) is 5.41 Å². The van der Waals surface area contributed by atoms with Crippen molar-refractivity contribution in [2.45, 2.75) is 20.3 Å². The number of hydrogen-bond donors (Lipinski definition) is 0. The van der Waals surface area contributed by atoms with Crippen molar-refractivity contribution in [3.05, 3.63) is 89.1 Å². The summed E-state index contributed by atoms with van der Waals surface area (Å²) < 4.78 is 0. The normalized spacial score (nSPS) is 27.7. The van der Waals surface area contributed by atoms with Crippen molar-refractivity contribution in [3.8, 4) is 0 Å². The number of fused-ring (bicyclic) bond motifs is 1. The highest BCUT2D eigenvalue weighted by atomic mass is 14.6. The SMILES string of the molecule is CC1=CC2CC23C=CC=CC3=C1c1c(C)ccc2ccccc12. The fourth-order valence-electron chi connectivity index (χ4n) is 4.60. The van der Waals surface area contributed by atoms with Crippen LogP contribution >= 0.6 is 0 Å². The van der Waals surface area contributed by atoms with Gasteiger partial charge in [-0.3, -0.25) is 0 Å². The number of allylic oxidation sites excluding steroid dienone is 8. The van der Waals surface area contributed by atoms with Gasteiger partial charge in [0.25, 0.3) is 0 Å². The number of benzene rings is 2. The Kier molecular flexibility index (Phi) is 2.48. The molecule has 0 saturated heterocycles. The van der Waals surface area contributed by atoms with Gasteiger partial charge in [-0.25, -0.2) is 0 Å². The van der Waals surface area contributed by atoms with Crippen LogP contribution in [0.2, 0.25) is 0 Å². The summed E-state index contributed by atoms with van der Waals surface area (Å²) in [4.78, 5) is 0. The zero-order chi connectivity index (χ0) is 15.6. The molecule has 1 fully saturated rings. The van der Waals surface area contributed by atoms with E-state index in [0.717, 1.165) is 0 Å². The van der Waals surface area contributed by atoms with Crippen molar-refractivity contribution in [1.82, 2.24) is 0 Å². The van der Waals surface area contributed by atoms with E-state index >= 15 is 0 Å². The molecular formula is C23H20. The molecule has 0 N–H and O–H groups in total. The van der Waals surface area contributed by atoms with Crippen LogP contribution < -0.4 is 0 Å². The highest BCUT2D eigenvalue weighted by Crippen LogP contribution is 2.66. The van der Waals surface area contributed by atoms with Crippen LogP contribution in [0.5, 0.6) is 0 Å². The minimum Gasteiger partial charge on any atom is -0.0766 e. The van der Waals surface area contributed by atoms with Crippen molar-refractivity contribution in [2.24, 2.45) is 11.3 Å².